The van der Waals surface area contributed by atoms with E-state index < -0.39 is 5.97 Å². The highest BCUT2D eigenvalue weighted by molar-refractivity contribution is 5.87. The van der Waals surface area contributed by atoms with Gasteiger partial charge in [0.1, 0.15) is 6.10 Å². The lowest BCUT2D eigenvalue weighted by Crippen LogP contribution is -2.42. The van der Waals surface area contributed by atoms with Crippen LogP contribution in [0, 0.1) is 0 Å². The highest BCUT2D eigenvalue weighted by Gasteiger charge is 2.33. The lowest BCUT2D eigenvalue weighted by atomic mass is 10.0. The molecule has 0 spiro atoms. The fraction of sp³-hybridized carbons (Fsp3) is 0.583. The summed E-state index contributed by atoms with van der Waals surface area (Å²) in [5, 5.41) is 12.7. The van der Waals surface area contributed by atoms with Gasteiger partial charge in [0.15, 0.2) is 0 Å². The molecule has 2 aliphatic rings. The van der Waals surface area contributed by atoms with Crippen LogP contribution >= 0.6 is 0 Å². The largest absolute Gasteiger partial charge is 0.475 e. The molecule has 102 valence electrons. The number of aromatic nitrogens is 1. The minimum Gasteiger partial charge on any atom is -0.475 e. The van der Waals surface area contributed by atoms with E-state index in [1.54, 1.807) is 4.90 Å². The summed E-state index contributed by atoms with van der Waals surface area (Å²) in [5.74, 6) is -1.39. The predicted octanol–water partition coefficient (Wildman–Crippen LogP) is 0.437. The Morgan fingerprint density at radius 1 is 1.42 bits per heavy atom. The van der Waals surface area contributed by atoms with Gasteiger partial charge in [0.25, 0.3) is 5.91 Å². The van der Waals surface area contributed by atoms with E-state index in [2.05, 4.69) is 5.16 Å². The maximum atomic E-state index is 12.2. The van der Waals surface area contributed by atoms with E-state index in [4.69, 9.17) is 14.4 Å². The average Bonchev–Trinajstić information content (AvgIpc) is 3.06. The van der Waals surface area contributed by atoms with E-state index in [9.17, 15) is 9.59 Å². The second kappa shape index (κ2) is 4.65. The van der Waals surface area contributed by atoms with Crippen molar-refractivity contribution in [1.29, 1.82) is 0 Å². The maximum absolute atomic E-state index is 12.2. The van der Waals surface area contributed by atoms with Crippen molar-refractivity contribution >= 4 is 11.9 Å². The van der Waals surface area contributed by atoms with Gasteiger partial charge in [0.2, 0.25) is 5.76 Å². The van der Waals surface area contributed by atoms with E-state index in [-0.39, 0.29) is 24.3 Å². The third-order valence-corrected chi connectivity index (χ3v) is 3.55. The molecule has 3 heterocycles. The number of aromatic carboxylic acids is 1. The Kier molecular flexibility index (Phi) is 2.98. The molecule has 3 rings (SSSR count). The van der Waals surface area contributed by atoms with Crippen molar-refractivity contribution in [2.45, 2.75) is 31.9 Å². The van der Waals surface area contributed by atoms with Crippen LogP contribution in [0.4, 0.5) is 0 Å². The van der Waals surface area contributed by atoms with E-state index in [1.165, 1.54) is 0 Å². The summed E-state index contributed by atoms with van der Waals surface area (Å²) >= 11 is 0. The molecule has 7 heteroatoms. The molecule has 2 aliphatic heterocycles. The van der Waals surface area contributed by atoms with Crippen LogP contribution in [0.15, 0.2) is 4.52 Å². The third-order valence-electron chi connectivity index (χ3n) is 3.55. The minimum atomic E-state index is -1.15. The predicted molar refractivity (Wildman–Crippen MR) is 61.6 cm³/mol. The van der Waals surface area contributed by atoms with E-state index in [0.29, 0.717) is 30.8 Å². The Hall–Kier alpha value is -1.89. The Morgan fingerprint density at radius 2 is 2.26 bits per heavy atom. The number of ether oxygens (including phenoxy) is 1. The molecule has 7 nitrogen and oxygen atoms in total. The first kappa shape index (κ1) is 12.2. The fourth-order valence-electron chi connectivity index (χ4n) is 2.54. The van der Waals surface area contributed by atoms with Gasteiger partial charge in [-0.25, -0.2) is 4.79 Å². The van der Waals surface area contributed by atoms with Crippen LogP contribution in [0.3, 0.4) is 0 Å². The summed E-state index contributed by atoms with van der Waals surface area (Å²) in [6.07, 6.45) is 1.76. The number of carboxylic acid groups (broad SMARTS) is 1. The topological polar surface area (TPSA) is 92.9 Å². The van der Waals surface area contributed by atoms with Gasteiger partial charge in [-0.2, -0.15) is 0 Å². The molecule has 19 heavy (non-hydrogen) atoms. The fourth-order valence-corrected chi connectivity index (χ4v) is 2.54. The van der Waals surface area contributed by atoms with Crippen molar-refractivity contribution in [3.63, 3.8) is 0 Å². The average molecular weight is 266 g/mol. The third kappa shape index (κ3) is 2.10. The van der Waals surface area contributed by atoms with E-state index >= 15 is 0 Å². The Morgan fingerprint density at radius 3 is 2.95 bits per heavy atom. The highest BCUT2D eigenvalue weighted by atomic mass is 16.5. The van der Waals surface area contributed by atoms with Crippen LogP contribution in [-0.4, -0.2) is 46.3 Å². The zero-order chi connectivity index (χ0) is 13.4. The van der Waals surface area contributed by atoms with Gasteiger partial charge in [0, 0.05) is 25.1 Å². The first-order chi connectivity index (χ1) is 9.16. The number of carbonyl (C=O) groups is 2. The molecule has 0 radical (unpaired) electrons. The van der Waals surface area contributed by atoms with Crippen LogP contribution < -0.4 is 0 Å². The zero-order valence-electron chi connectivity index (χ0n) is 10.3. The van der Waals surface area contributed by atoms with Gasteiger partial charge in [0.05, 0.1) is 12.2 Å². The second-order valence-corrected chi connectivity index (χ2v) is 4.75. The quantitative estimate of drug-likeness (QED) is 0.834. The number of fused-ring (bicyclic) bond motifs is 1. The van der Waals surface area contributed by atoms with E-state index in [0.717, 1.165) is 12.8 Å². The number of amides is 1. The molecule has 0 aromatic carbocycles. The molecule has 1 unspecified atom stereocenters. The maximum Gasteiger partial charge on any atom is 0.375 e. The second-order valence-electron chi connectivity index (χ2n) is 4.75. The van der Waals surface area contributed by atoms with Crippen molar-refractivity contribution in [3.8, 4) is 0 Å². The first-order valence-corrected chi connectivity index (χ1v) is 6.28. The smallest absolute Gasteiger partial charge is 0.375 e. The highest BCUT2D eigenvalue weighted by Crippen LogP contribution is 2.24. The molecule has 1 saturated heterocycles. The number of carbonyl (C=O) groups excluding carboxylic acids is 1. The summed E-state index contributed by atoms with van der Waals surface area (Å²) in [4.78, 5) is 24.8. The van der Waals surface area contributed by atoms with E-state index in [1.807, 2.05) is 0 Å². The van der Waals surface area contributed by atoms with Crippen molar-refractivity contribution in [2.75, 3.05) is 13.2 Å². The molecule has 0 saturated carbocycles. The van der Waals surface area contributed by atoms with Crippen molar-refractivity contribution in [1.82, 2.24) is 10.1 Å². The number of rotatable bonds is 2. The Labute approximate surface area is 109 Å². The SMILES string of the molecule is O=C(O)c1onc2c1CN(C(=O)C1CCCO1)CC2. The normalized spacial score (nSPS) is 22.3. The molecule has 1 atom stereocenters. The lowest BCUT2D eigenvalue weighted by molar-refractivity contribution is -0.141. The molecule has 1 aromatic rings. The standard InChI is InChI=1S/C12H14N2O5/c15-11(9-2-1-5-18-9)14-4-3-8-7(6-14)10(12(16)17)19-13-8/h9H,1-6H2,(H,16,17). The number of carboxylic acids is 1. The van der Waals surface area contributed by atoms with Gasteiger partial charge in [-0.15, -0.1) is 0 Å². The summed E-state index contributed by atoms with van der Waals surface area (Å²) < 4.78 is 10.2. The molecular formula is C12H14N2O5. The molecule has 1 N–H and O–H groups in total. The zero-order valence-corrected chi connectivity index (χ0v) is 10.3. The van der Waals surface area contributed by atoms with Gasteiger partial charge < -0.3 is 19.3 Å². The summed E-state index contributed by atoms with van der Waals surface area (Å²) in [5.41, 5.74) is 1.14. The first-order valence-electron chi connectivity index (χ1n) is 6.28. The van der Waals surface area contributed by atoms with Gasteiger partial charge >= 0.3 is 5.97 Å². The Balaban J connectivity index is 1.79. The van der Waals surface area contributed by atoms with Gasteiger partial charge in [-0.3, -0.25) is 4.79 Å². The van der Waals surface area contributed by atoms with Gasteiger partial charge in [-0.1, -0.05) is 5.16 Å². The summed E-state index contributed by atoms with van der Waals surface area (Å²) in [6.45, 7) is 1.37. The van der Waals surface area contributed by atoms with Crippen LogP contribution in [0.5, 0.6) is 0 Å². The molecule has 1 amide bonds. The Bertz CT molecular complexity index is 518. The van der Waals surface area contributed by atoms with Crippen molar-refractivity contribution in [2.24, 2.45) is 0 Å². The summed E-state index contributed by atoms with van der Waals surface area (Å²) in [6, 6.07) is 0. The van der Waals surface area contributed by atoms with Crippen LogP contribution in [-0.2, 0) is 22.5 Å². The number of hydrogen-bond acceptors (Lipinski definition) is 5. The number of nitrogens with zero attached hydrogens (tertiary/aromatic N) is 2. The lowest BCUT2D eigenvalue weighted by Gasteiger charge is -2.28. The van der Waals surface area contributed by atoms with Crippen molar-refractivity contribution < 1.29 is 24.0 Å². The van der Waals surface area contributed by atoms with Gasteiger partial charge in [-0.05, 0) is 12.8 Å². The molecule has 0 bridgehead atoms. The monoisotopic (exact) mass is 266 g/mol. The minimum absolute atomic E-state index is 0.0688. The molecule has 0 aliphatic carbocycles. The van der Waals surface area contributed by atoms with Crippen LogP contribution in [0.2, 0.25) is 0 Å². The molecule has 1 aromatic heterocycles. The van der Waals surface area contributed by atoms with Crippen molar-refractivity contribution in [3.05, 3.63) is 17.0 Å². The summed E-state index contributed by atoms with van der Waals surface area (Å²) in [7, 11) is 0. The van der Waals surface area contributed by atoms with Crippen LogP contribution in [0.1, 0.15) is 34.7 Å². The number of hydrogen-bond donors (Lipinski definition) is 1. The molecular weight excluding hydrogens is 252 g/mol. The van der Waals surface area contributed by atoms with Crippen LogP contribution in [0.25, 0.3) is 0 Å². The molecule has 1 fully saturated rings.